The first-order valence-electron chi connectivity index (χ1n) is 7.80. The van der Waals surface area contributed by atoms with Gasteiger partial charge in [-0.05, 0) is 38.4 Å². The topological polar surface area (TPSA) is 61.4 Å². The molecule has 112 valence electrons. The van der Waals surface area contributed by atoms with Gasteiger partial charge in [-0.2, -0.15) is 5.10 Å². The second-order valence-electron chi connectivity index (χ2n) is 6.41. The maximum atomic E-state index is 11.7. The molecule has 6 nitrogen and oxygen atoms in total. The van der Waals surface area contributed by atoms with E-state index in [2.05, 4.69) is 44.5 Å². The SMILES string of the molecule is CN(C1CN(c2ccc(C3CC3)nn2)C1)C1CCNC1=O. The predicted molar refractivity (Wildman–Crippen MR) is 79.2 cm³/mol. The third kappa shape index (κ3) is 2.37. The van der Waals surface area contributed by atoms with Gasteiger partial charge in [-0.25, -0.2) is 0 Å². The molecule has 1 unspecified atom stereocenters. The Morgan fingerprint density at radius 2 is 2.05 bits per heavy atom. The Morgan fingerprint density at radius 3 is 2.62 bits per heavy atom. The van der Waals surface area contributed by atoms with Crippen LogP contribution in [0.25, 0.3) is 0 Å². The van der Waals surface area contributed by atoms with Crippen LogP contribution < -0.4 is 10.2 Å². The minimum absolute atomic E-state index is 0.0421. The highest BCUT2D eigenvalue weighted by Gasteiger charge is 2.38. The summed E-state index contributed by atoms with van der Waals surface area (Å²) in [6.45, 7) is 2.66. The fraction of sp³-hybridized carbons (Fsp3) is 0.667. The van der Waals surface area contributed by atoms with Crippen LogP contribution in [0.5, 0.6) is 0 Å². The number of rotatable bonds is 4. The molecule has 1 saturated carbocycles. The van der Waals surface area contributed by atoms with Gasteiger partial charge in [0.25, 0.3) is 0 Å². The summed E-state index contributed by atoms with van der Waals surface area (Å²) in [5.74, 6) is 1.78. The molecule has 0 spiro atoms. The molecule has 0 radical (unpaired) electrons. The van der Waals surface area contributed by atoms with E-state index < -0.39 is 0 Å². The fourth-order valence-electron chi connectivity index (χ4n) is 3.23. The number of likely N-dealkylation sites (N-methyl/N-ethyl adjacent to an activating group) is 1. The van der Waals surface area contributed by atoms with E-state index in [1.807, 2.05) is 0 Å². The molecule has 6 heteroatoms. The summed E-state index contributed by atoms with van der Waals surface area (Å²) in [6, 6.07) is 4.67. The molecule has 3 aliphatic rings. The van der Waals surface area contributed by atoms with Crippen molar-refractivity contribution in [3.05, 3.63) is 17.8 Å². The van der Waals surface area contributed by atoms with E-state index in [4.69, 9.17) is 0 Å². The maximum Gasteiger partial charge on any atom is 0.237 e. The van der Waals surface area contributed by atoms with Crippen molar-refractivity contribution in [2.45, 2.75) is 37.3 Å². The first kappa shape index (κ1) is 13.0. The summed E-state index contributed by atoms with van der Waals surface area (Å²) in [4.78, 5) is 16.2. The number of carbonyl (C=O) groups is 1. The highest BCUT2D eigenvalue weighted by atomic mass is 16.2. The Bertz CT molecular complexity index is 535. The Kier molecular flexibility index (Phi) is 3.06. The molecule has 3 fully saturated rings. The van der Waals surface area contributed by atoms with Gasteiger partial charge < -0.3 is 10.2 Å². The number of carbonyl (C=O) groups excluding carboxylic acids is 1. The summed E-state index contributed by atoms with van der Waals surface area (Å²) in [7, 11) is 2.06. The van der Waals surface area contributed by atoms with E-state index in [9.17, 15) is 4.79 Å². The molecular formula is C15H21N5O. The quantitative estimate of drug-likeness (QED) is 0.866. The molecule has 1 atom stereocenters. The van der Waals surface area contributed by atoms with Gasteiger partial charge in [0.15, 0.2) is 5.82 Å². The molecule has 1 aliphatic carbocycles. The Hall–Kier alpha value is -1.69. The molecular weight excluding hydrogens is 266 g/mol. The molecule has 21 heavy (non-hydrogen) atoms. The Balaban J connectivity index is 1.34. The standard InChI is InChI=1S/C15H21N5O/c1-19(13-6-7-16-15(13)21)11-8-20(9-11)14-5-4-12(17-18-14)10-2-3-10/h4-5,10-11,13H,2-3,6-9H2,1H3,(H,16,21). The van der Waals surface area contributed by atoms with Gasteiger partial charge in [-0.15, -0.1) is 5.10 Å². The molecule has 1 amide bonds. The van der Waals surface area contributed by atoms with Gasteiger partial charge in [0.2, 0.25) is 5.91 Å². The zero-order chi connectivity index (χ0) is 14.4. The average Bonchev–Trinajstić information content (AvgIpc) is 3.20. The van der Waals surface area contributed by atoms with Crippen LogP contribution in [0.4, 0.5) is 5.82 Å². The average molecular weight is 287 g/mol. The van der Waals surface area contributed by atoms with Crippen LogP contribution in [0.1, 0.15) is 30.9 Å². The Labute approximate surface area is 124 Å². The smallest absolute Gasteiger partial charge is 0.237 e. The second kappa shape index (κ2) is 4.94. The Morgan fingerprint density at radius 1 is 1.24 bits per heavy atom. The van der Waals surface area contributed by atoms with Crippen LogP contribution in [0.2, 0.25) is 0 Å². The lowest BCUT2D eigenvalue weighted by atomic mass is 10.0. The third-order valence-corrected chi connectivity index (χ3v) is 4.94. The summed E-state index contributed by atoms with van der Waals surface area (Å²) >= 11 is 0. The van der Waals surface area contributed by atoms with Gasteiger partial charge >= 0.3 is 0 Å². The first-order chi connectivity index (χ1) is 10.2. The van der Waals surface area contributed by atoms with Crippen molar-refractivity contribution in [3.8, 4) is 0 Å². The van der Waals surface area contributed by atoms with Gasteiger partial charge in [-0.1, -0.05) is 0 Å². The molecule has 0 bridgehead atoms. The molecule has 1 aromatic rings. The zero-order valence-electron chi connectivity index (χ0n) is 12.3. The van der Waals surface area contributed by atoms with Gasteiger partial charge in [0.1, 0.15) is 0 Å². The van der Waals surface area contributed by atoms with Crippen molar-refractivity contribution in [3.63, 3.8) is 0 Å². The largest absolute Gasteiger partial charge is 0.355 e. The van der Waals surface area contributed by atoms with E-state index in [-0.39, 0.29) is 11.9 Å². The van der Waals surface area contributed by atoms with E-state index in [1.165, 1.54) is 12.8 Å². The van der Waals surface area contributed by atoms with E-state index in [0.29, 0.717) is 12.0 Å². The van der Waals surface area contributed by atoms with Gasteiger partial charge in [0.05, 0.1) is 11.7 Å². The van der Waals surface area contributed by atoms with Crippen molar-refractivity contribution in [1.82, 2.24) is 20.4 Å². The first-order valence-corrected chi connectivity index (χ1v) is 7.80. The van der Waals surface area contributed by atoms with Crippen LogP contribution in [-0.2, 0) is 4.79 Å². The van der Waals surface area contributed by atoms with Crippen LogP contribution in [0.15, 0.2) is 12.1 Å². The second-order valence-corrected chi connectivity index (χ2v) is 6.41. The summed E-state index contributed by atoms with van der Waals surface area (Å²) in [5.41, 5.74) is 1.13. The fourth-order valence-corrected chi connectivity index (χ4v) is 3.23. The summed E-state index contributed by atoms with van der Waals surface area (Å²) in [5, 5.41) is 11.6. The predicted octanol–water partition coefficient (Wildman–Crippen LogP) is 0.363. The highest BCUT2D eigenvalue weighted by Crippen LogP contribution is 2.38. The van der Waals surface area contributed by atoms with Gasteiger partial charge in [0, 0.05) is 31.6 Å². The number of anilines is 1. The number of amides is 1. The number of hydrogen-bond donors (Lipinski definition) is 1. The van der Waals surface area contributed by atoms with E-state index >= 15 is 0 Å². The van der Waals surface area contributed by atoms with E-state index in [1.54, 1.807) is 0 Å². The number of nitrogens with one attached hydrogen (secondary N) is 1. The normalized spacial score (nSPS) is 26.1. The lowest BCUT2D eigenvalue weighted by Crippen LogP contribution is -2.61. The maximum absolute atomic E-state index is 11.7. The molecule has 1 N–H and O–H groups in total. The van der Waals surface area contributed by atoms with Crippen molar-refractivity contribution in [1.29, 1.82) is 0 Å². The highest BCUT2D eigenvalue weighted by molar-refractivity contribution is 5.83. The molecule has 0 aromatic carbocycles. The number of aromatic nitrogens is 2. The van der Waals surface area contributed by atoms with Crippen LogP contribution in [0, 0.1) is 0 Å². The van der Waals surface area contributed by atoms with Crippen LogP contribution in [0.3, 0.4) is 0 Å². The zero-order valence-corrected chi connectivity index (χ0v) is 12.3. The van der Waals surface area contributed by atoms with E-state index in [0.717, 1.165) is 37.6 Å². The molecule has 2 saturated heterocycles. The number of nitrogens with zero attached hydrogens (tertiary/aromatic N) is 4. The van der Waals surface area contributed by atoms with Gasteiger partial charge in [-0.3, -0.25) is 9.69 Å². The molecule has 1 aromatic heterocycles. The van der Waals surface area contributed by atoms with Crippen LogP contribution >= 0.6 is 0 Å². The van der Waals surface area contributed by atoms with Crippen molar-refractivity contribution in [2.75, 3.05) is 31.6 Å². The van der Waals surface area contributed by atoms with Crippen LogP contribution in [-0.4, -0.2) is 59.8 Å². The van der Waals surface area contributed by atoms with Crippen molar-refractivity contribution < 1.29 is 4.79 Å². The minimum atomic E-state index is 0.0421. The van der Waals surface area contributed by atoms with Crippen molar-refractivity contribution >= 4 is 11.7 Å². The molecule has 2 aliphatic heterocycles. The van der Waals surface area contributed by atoms with Crippen molar-refractivity contribution in [2.24, 2.45) is 0 Å². The molecule has 4 rings (SSSR count). The monoisotopic (exact) mass is 287 g/mol. The minimum Gasteiger partial charge on any atom is -0.355 e. The lowest BCUT2D eigenvalue weighted by molar-refractivity contribution is -0.124. The summed E-state index contributed by atoms with van der Waals surface area (Å²) in [6.07, 6.45) is 3.43. The number of hydrogen-bond acceptors (Lipinski definition) is 5. The lowest BCUT2D eigenvalue weighted by Gasteiger charge is -2.45. The summed E-state index contributed by atoms with van der Waals surface area (Å²) < 4.78 is 0. The third-order valence-electron chi connectivity index (χ3n) is 4.94. The molecule has 3 heterocycles.